The minimum atomic E-state index is -0.704. The molecule has 2 aromatic heterocycles. The third kappa shape index (κ3) is 5.78. The highest BCUT2D eigenvalue weighted by molar-refractivity contribution is 6.42. The van der Waals surface area contributed by atoms with Crippen LogP contribution in [-0.2, 0) is 4.74 Å². The molecule has 3 N–H and O–H groups in total. The molecule has 10 heteroatoms. The number of fused-ring (bicyclic) bond motifs is 1. The Morgan fingerprint density at radius 3 is 2.10 bits per heavy atom. The molecular weight excluding hydrogens is 585 g/mol. The maximum absolute atomic E-state index is 14.4. The van der Waals surface area contributed by atoms with Crippen LogP contribution in [-0.4, -0.2) is 26.6 Å². The van der Waals surface area contributed by atoms with Gasteiger partial charge >= 0.3 is 5.97 Å². The summed E-state index contributed by atoms with van der Waals surface area (Å²) in [5.74, 6) is -0.563. The summed E-state index contributed by atoms with van der Waals surface area (Å²) < 4.78 is 7.57. The van der Waals surface area contributed by atoms with E-state index in [9.17, 15) is 14.7 Å². The first-order valence-corrected chi connectivity index (χ1v) is 14.9. The van der Waals surface area contributed by atoms with Gasteiger partial charge in [0.2, 0.25) is 0 Å². The first kappa shape index (κ1) is 31.5. The van der Waals surface area contributed by atoms with Gasteiger partial charge < -0.3 is 15.6 Å². The van der Waals surface area contributed by atoms with Crippen LogP contribution in [0, 0.1) is 28.6 Å². The second-order valence-corrected chi connectivity index (χ2v) is 14.7. The molecule has 4 rings (SSSR count). The van der Waals surface area contributed by atoms with E-state index in [2.05, 4.69) is 53.5 Å². The van der Waals surface area contributed by atoms with E-state index in [1.54, 1.807) is 18.2 Å². The van der Waals surface area contributed by atoms with Crippen molar-refractivity contribution in [1.82, 2.24) is 9.38 Å². The number of anilines is 1. The van der Waals surface area contributed by atoms with Crippen molar-refractivity contribution in [3.63, 3.8) is 0 Å². The first-order chi connectivity index (χ1) is 18.8. The zero-order valence-corrected chi connectivity index (χ0v) is 27.0. The number of rotatable bonds is 3. The Balaban J connectivity index is 2.01. The molecule has 0 saturated heterocycles. The number of nitrogens with zero attached hydrogens (tertiary/aromatic N) is 2. The van der Waals surface area contributed by atoms with Gasteiger partial charge in [-0.3, -0.25) is 4.79 Å². The van der Waals surface area contributed by atoms with Crippen molar-refractivity contribution in [1.29, 1.82) is 0 Å². The number of esters is 1. The molecule has 41 heavy (non-hydrogen) atoms. The maximum Gasteiger partial charge on any atom is 0.342 e. The highest BCUT2D eigenvalue weighted by atomic mass is 35.5. The minimum absolute atomic E-state index is 0.00160. The molecule has 0 radical (unpaired) electrons. The summed E-state index contributed by atoms with van der Waals surface area (Å²) in [6.45, 7) is 16.6. The van der Waals surface area contributed by atoms with Gasteiger partial charge in [-0.1, -0.05) is 89.3 Å². The molecule has 0 amide bonds. The van der Waals surface area contributed by atoms with Gasteiger partial charge in [0, 0.05) is 17.4 Å². The standard InChI is InChI=1S/C31H38Cl3N3O4/c1-14-11-17(30(3,4)5)24(18(12-14)31(6,7)8)41-29(40)23-22(16-9-10-19(32)20(33)13-16)25(34)37-27(23)36-26(35)21(15(2)38)28(37)39/h9-10,13-14,17-18,24,38H,11-12H2,1-8H3,(H2,35,36)/b21-15-. The number of nitrogens with two attached hydrogens (primary N) is 1. The summed E-state index contributed by atoms with van der Waals surface area (Å²) in [5.41, 5.74) is 5.75. The average Bonchev–Trinajstić information content (AvgIpc) is 3.12. The Morgan fingerprint density at radius 1 is 1.05 bits per heavy atom. The van der Waals surface area contributed by atoms with Crippen LogP contribution in [0.25, 0.3) is 22.5 Å². The number of hydrogen-bond donors (Lipinski definition) is 2. The van der Waals surface area contributed by atoms with Crippen LogP contribution < -0.4 is 16.5 Å². The van der Waals surface area contributed by atoms with Crippen LogP contribution in [0.3, 0.4) is 0 Å². The van der Waals surface area contributed by atoms with Crippen LogP contribution >= 0.6 is 34.8 Å². The Kier molecular flexibility index (Phi) is 8.42. The quantitative estimate of drug-likeness (QED) is 0.292. The predicted molar refractivity (Wildman–Crippen MR) is 167 cm³/mol. The number of aliphatic hydroxyl groups excluding tert-OH is 1. The molecule has 1 saturated carbocycles. The number of carbonyl (C=O) groups is 1. The number of halogens is 3. The molecule has 1 aromatic carbocycles. The van der Waals surface area contributed by atoms with Gasteiger partial charge in [-0.25, -0.2) is 14.2 Å². The lowest BCUT2D eigenvalue weighted by Gasteiger charge is -2.50. The van der Waals surface area contributed by atoms with Crippen molar-refractivity contribution in [2.75, 3.05) is 5.73 Å². The van der Waals surface area contributed by atoms with Gasteiger partial charge in [0.25, 0.3) is 5.56 Å². The van der Waals surface area contributed by atoms with E-state index in [1.807, 2.05) is 0 Å². The maximum atomic E-state index is 14.4. The van der Waals surface area contributed by atoms with Crippen molar-refractivity contribution in [2.45, 2.75) is 74.3 Å². The Labute approximate surface area is 255 Å². The van der Waals surface area contributed by atoms with Crippen LogP contribution in [0.1, 0.15) is 78.6 Å². The molecule has 0 aliphatic heterocycles. The van der Waals surface area contributed by atoms with E-state index in [1.165, 1.54) is 6.92 Å². The van der Waals surface area contributed by atoms with E-state index >= 15 is 0 Å². The fourth-order valence-electron chi connectivity index (χ4n) is 6.21. The highest BCUT2D eigenvalue weighted by Crippen LogP contribution is 2.50. The zero-order valence-electron chi connectivity index (χ0n) is 24.7. The molecule has 0 spiro atoms. The van der Waals surface area contributed by atoms with Crippen molar-refractivity contribution >= 4 is 58.0 Å². The molecule has 2 heterocycles. The second kappa shape index (κ2) is 11.0. The van der Waals surface area contributed by atoms with Crippen LogP contribution in [0.5, 0.6) is 0 Å². The summed E-state index contributed by atoms with van der Waals surface area (Å²) in [6, 6.07) is 4.80. The van der Waals surface area contributed by atoms with Crippen molar-refractivity contribution in [3.8, 4) is 11.1 Å². The van der Waals surface area contributed by atoms with Gasteiger partial charge in [0.05, 0.1) is 10.0 Å². The first-order valence-electron chi connectivity index (χ1n) is 13.7. The number of hydrogen-bond acceptors (Lipinski definition) is 6. The topological polar surface area (TPSA) is 107 Å². The third-order valence-corrected chi connectivity index (χ3v) is 9.43. The lowest BCUT2D eigenvalue weighted by molar-refractivity contribution is -0.0922. The smallest absolute Gasteiger partial charge is 0.342 e. The lowest BCUT2D eigenvalue weighted by Crippen LogP contribution is -2.49. The molecule has 1 fully saturated rings. The molecule has 222 valence electrons. The Hall–Kier alpha value is -2.48. The predicted octanol–water partition coefficient (Wildman–Crippen LogP) is 7.59. The van der Waals surface area contributed by atoms with Crippen molar-refractivity contribution in [3.05, 3.63) is 54.5 Å². The number of benzene rings is 1. The van der Waals surface area contributed by atoms with Crippen LogP contribution in [0.4, 0.5) is 5.82 Å². The monoisotopic (exact) mass is 621 g/mol. The largest absolute Gasteiger partial charge is 0.512 e. The molecule has 1 aliphatic carbocycles. The highest BCUT2D eigenvalue weighted by Gasteiger charge is 2.48. The fraction of sp³-hybridized carbons (Fsp3) is 0.516. The van der Waals surface area contributed by atoms with E-state index in [4.69, 9.17) is 45.3 Å². The molecular formula is C31H38Cl3N3O4. The minimum Gasteiger partial charge on any atom is -0.512 e. The molecule has 0 bridgehead atoms. The Morgan fingerprint density at radius 2 is 1.61 bits per heavy atom. The van der Waals surface area contributed by atoms with Crippen molar-refractivity contribution < 1.29 is 14.6 Å². The zero-order chi connectivity index (χ0) is 30.8. The van der Waals surface area contributed by atoms with E-state index in [-0.39, 0.29) is 66.4 Å². The SMILES string of the molecule is C/C(O)=c1\c(N)nc2c(C(=O)OC3C(C(C)(C)C)CC(C)CC3C(C)(C)C)c(-c3ccc(Cl)c(Cl)c3)c(Cl)n2c1=O. The van der Waals surface area contributed by atoms with E-state index in [0.29, 0.717) is 16.5 Å². The van der Waals surface area contributed by atoms with Gasteiger partial charge in [-0.2, -0.15) is 0 Å². The summed E-state index contributed by atoms with van der Waals surface area (Å²) in [5, 5.41) is 10.4. The van der Waals surface area contributed by atoms with Gasteiger partial charge in [-0.05, 0) is 54.2 Å². The summed E-state index contributed by atoms with van der Waals surface area (Å²) in [7, 11) is 0. The van der Waals surface area contributed by atoms with E-state index < -0.39 is 17.6 Å². The molecule has 7 nitrogen and oxygen atoms in total. The fourth-order valence-corrected chi connectivity index (χ4v) is 6.87. The van der Waals surface area contributed by atoms with Gasteiger partial charge in [-0.15, -0.1) is 0 Å². The number of aliphatic hydroxyl groups is 1. The molecule has 2 atom stereocenters. The molecule has 1 aliphatic rings. The summed E-state index contributed by atoms with van der Waals surface area (Å²) in [4.78, 5) is 32.3. The lowest BCUT2D eigenvalue weighted by atomic mass is 9.59. The van der Waals surface area contributed by atoms with Gasteiger partial charge in [0.15, 0.2) is 5.65 Å². The van der Waals surface area contributed by atoms with Crippen molar-refractivity contribution in [2.24, 2.45) is 28.6 Å². The van der Waals surface area contributed by atoms with Gasteiger partial charge in [0.1, 0.15) is 33.6 Å². The third-order valence-electron chi connectivity index (χ3n) is 8.34. The molecule has 2 unspecified atom stereocenters. The van der Waals surface area contributed by atoms with E-state index in [0.717, 1.165) is 17.2 Å². The summed E-state index contributed by atoms with van der Waals surface area (Å²) >= 11 is 19.4. The number of aromatic nitrogens is 2. The number of carbonyl (C=O) groups excluding carboxylic acids is 1. The van der Waals surface area contributed by atoms with Crippen LogP contribution in [0.2, 0.25) is 15.2 Å². The normalized spacial score (nSPS) is 22.6. The average molecular weight is 623 g/mol. The summed E-state index contributed by atoms with van der Waals surface area (Å²) in [6.07, 6.45) is 1.43. The number of nitrogen functional groups attached to an aromatic ring is 1. The second-order valence-electron chi connectivity index (χ2n) is 13.5. The Bertz CT molecular complexity index is 1610. The van der Waals surface area contributed by atoms with Crippen LogP contribution in [0.15, 0.2) is 23.0 Å². The molecule has 3 aromatic rings. The number of ether oxygens (including phenoxy) is 1.